The van der Waals surface area contributed by atoms with E-state index in [0.29, 0.717) is 30.1 Å². The molecule has 2 N–H and O–H groups in total. The summed E-state index contributed by atoms with van der Waals surface area (Å²) in [6, 6.07) is 7.81. The number of nitrogens with zero attached hydrogens (tertiary/aromatic N) is 5. The number of hydrogen-bond donors (Lipinski definition) is 2. The Labute approximate surface area is 225 Å². The number of aromatic amines is 1. The van der Waals surface area contributed by atoms with Gasteiger partial charge in [-0.2, -0.15) is 8.42 Å². The Morgan fingerprint density at radius 3 is 2.55 bits per heavy atom. The molecule has 200 valence electrons. The first-order valence-electron chi connectivity index (χ1n) is 13.1. The number of rotatable bonds is 6. The highest BCUT2D eigenvalue weighted by Gasteiger charge is 2.31. The molecule has 4 aromatic rings. The summed E-state index contributed by atoms with van der Waals surface area (Å²) in [7, 11) is -4.40. The lowest BCUT2D eigenvalue weighted by molar-refractivity contribution is 0.122. The van der Waals surface area contributed by atoms with Crippen molar-refractivity contribution >= 4 is 48.4 Å². The third kappa shape index (κ3) is 4.69. The molecule has 1 aromatic carbocycles. The van der Waals surface area contributed by atoms with E-state index in [-0.39, 0.29) is 4.90 Å². The van der Waals surface area contributed by atoms with Crippen molar-refractivity contribution in [1.82, 2.24) is 24.8 Å². The van der Waals surface area contributed by atoms with Gasteiger partial charge in [0.25, 0.3) is 10.1 Å². The lowest BCUT2D eigenvalue weighted by atomic mass is 10.1. The summed E-state index contributed by atoms with van der Waals surface area (Å²) >= 11 is 1.67. The first-order valence-corrected chi connectivity index (χ1v) is 15.4. The Bertz CT molecular complexity index is 1600. The van der Waals surface area contributed by atoms with Crippen molar-refractivity contribution in [1.29, 1.82) is 0 Å². The average Bonchev–Trinajstić information content (AvgIpc) is 3.51. The second-order valence-electron chi connectivity index (χ2n) is 10.3. The second-order valence-corrected chi connectivity index (χ2v) is 12.9. The number of H-pyrrole nitrogens is 1. The molecule has 0 radical (unpaired) electrons. The lowest BCUT2D eigenvalue weighted by Gasteiger charge is -2.34. The van der Waals surface area contributed by atoms with Crippen LogP contribution in [0.4, 0.5) is 5.82 Å². The van der Waals surface area contributed by atoms with Crippen LogP contribution in [0.25, 0.3) is 32.5 Å². The highest BCUT2D eigenvalue weighted by Crippen LogP contribution is 2.37. The van der Waals surface area contributed by atoms with Crippen LogP contribution in [0.15, 0.2) is 35.4 Å². The standard InChI is InChI=1S/C26H30N6O4S2/c33-38(34,35)19-14-21(20-3-4-27-23(20)15-19)24-28-25(32-9-11-36-12-10-32)22-13-18(37-26(22)29-24)16-30-5-7-31(8-6-30)17-1-2-17/h3-4,13-15,17,27H,1-2,5-12,16H2,(H,33,34,35). The number of fused-ring (bicyclic) bond motifs is 2. The minimum absolute atomic E-state index is 0.184. The molecule has 0 bridgehead atoms. The van der Waals surface area contributed by atoms with Gasteiger partial charge in [0.2, 0.25) is 0 Å². The van der Waals surface area contributed by atoms with E-state index in [0.717, 1.165) is 73.3 Å². The van der Waals surface area contributed by atoms with Crippen LogP contribution in [-0.2, 0) is 21.4 Å². The van der Waals surface area contributed by atoms with Crippen molar-refractivity contribution in [3.05, 3.63) is 35.3 Å². The summed E-state index contributed by atoms with van der Waals surface area (Å²) < 4.78 is 39.4. The smallest absolute Gasteiger partial charge is 0.294 e. The van der Waals surface area contributed by atoms with Crippen LogP contribution in [0.3, 0.4) is 0 Å². The molecule has 1 aliphatic carbocycles. The predicted octanol–water partition coefficient (Wildman–Crippen LogP) is 3.20. The van der Waals surface area contributed by atoms with E-state index in [9.17, 15) is 13.0 Å². The molecule has 0 spiro atoms. The van der Waals surface area contributed by atoms with Gasteiger partial charge in [-0.1, -0.05) is 0 Å². The molecule has 3 aromatic heterocycles. The molecule has 2 aliphatic heterocycles. The average molecular weight is 555 g/mol. The van der Waals surface area contributed by atoms with Crippen LogP contribution in [0.5, 0.6) is 0 Å². The van der Waals surface area contributed by atoms with Gasteiger partial charge in [0.05, 0.1) is 23.5 Å². The molecule has 3 fully saturated rings. The number of hydrogen-bond acceptors (Lipinski definition) is 9. The summed E-state index contributed by atoms with van der Waals surface area (Å²) in [5, 5.41) is 1.82. The molecule has 0 atom stereocenters. The monoisotopic (exact) mass is 554 g/mol. The van der Waals surface area contributed by atoms with Crippen LogP contribution in [0.2, 0.25) is 0 Å². The molecule has 2 saturated heterocycles. The van der Waals surface area contributed by atoms with Gasteiger partial charge in [-0.3, -0.25) is 14.4 Å². The van der Waals surface area contributed by atoms with Crippen LogP contribution in [0, 0.1) is 0 Å². The van der Waals surface area contributed by atoms with Gasteiger partial charge >= 0.3 is 0 Å². The zero-order valence-electron chi connectivity index (χ0n) is 21.0. The molecular formula is C26H30N6O4S2. The van der Waals surface area contributed by atoms with Gasteiger partial charge < -0.3 is 14.6 Å². The number of piperazine rings is 1. The van der Waals surface area contributed by atoms with Gasteiger partial charge in [0, 0.05) is 79.4 Å². The normalized spacial score (nSPS) is 20.1. The Morgan fingerprint density at radius 1 is 1.03 bits per heavy atom. The predicted molar refractivity (Wildman–Crippen MR) is 147 cm³/mol. The molecule has 10 nitrogen and oxygen atoms in total. The zero-order chi connectivity index (χ0) is 25.9. The molecule has 3 aliphatic rings. The Balaban J connectivity index is 1.29. The number of morpholine rings is 1. The largest absolute Gasteiger partial charge is 0.378 e. The molecule has 1 saturated carbocycles. The van der Waals surface area contributed by atoms with E-state index in [2.05, 4.69) is 25.8 Å². The van der Waals surface area contributed by atoms with Gasteiger partial charge in [0.15, 0.2) is 5.82 Å². The van der Waals surface area contributed by atoms with Crippen LogP contribution < -0.4 is 4.90 Å². The number of nitrogens with one attached hydrogen (secondary N) is 1. The van der Waals surface area contributed by atoms with E-state index in [1.807, 2.05) is 6.07 Å². The summed E-state index contributed by atoms with van der Waals surface area (Å²) in [5.41, 5.74) is 1.17. The molecule has 0 unspecified atom stereocenters. The fourth-order valence-electron chi connectivity index (χ4n) is 5.59. The van der Waals surface area contributed by atoms with Gasteiger partial charge in [0.1, 0.15) is 10.6 Å². The van der Waals surface area contributed by atoms with E-state index >= 15 is 0 Å². The third-order valence-electron chi connectivity index (χ3n) is 7.77. The Kier molecular flexibility index (Phi) is 6.13. The van der Waals surface area contributed by atoms with Crippen molar-refractivity contribution in [2.75, 3.05) is 57.4 Å². The number of anilines is 1. The molecule has 7 rings (SSSR count). The first kappa shape index (κ1) is 24.4. The molecule has 0 amide bonds. The lowest BCUT2D eigenvalue weighted by Crippen LogP contribution is -2.46. The molecule has 12 heteroatoms. The van der Waals surface area contributed by atoms with Crippen molar-refractivity contribution in [2.45, 2.75) is 30.3 Å². The number of ether oxygens (including phenoxy) is 1. The van der Waals surface area contributed by atoms with Crippen molar-refractivity contribution < 1.29 is 17.7 Å². The maximum Gasteiger partial charge on any atom is 0.294 e. The fourth-order valence-corrected chi connectivity index (χ4v) is 7.19. The van der Waals surface area contributed by atoms with Crippen LogP contribution in [-0.4, -0.2) is 96.2 Å². The number of thiophene rings is 1. The summed E-state index contributed by atoms with van der Waals surface area (Å²) in [6.07, 6.45) is 4.45. The van der Waals surface area contributed by atoms with E-state index < -0.39 is 10.1 Å². The number of aromatic nitrogens is 3. The van der Waals surface area contributed by atoms with Gasteiger partial charge in [-0.25, -0.2) is 9.97 Å². The topological polar surface area (TPSA) is 115 Å². The van der Waals surface area contributed by atoms with Crippen LogP contribution in [0.1, 0.15) is 17.7 Å². The molecule has 5 heterocycles. The summed E-state index contributed by atoms with van der Waals surface area (Å²) in [6.45, 7) is 8.02. The molecular weight excluding hydrogens is 524 g/mol. The maximum absolute atomic E-state index is 12.0. The zero-order valence-corrected chi connectivity index (χ0v) is 22.6. The van der Waals surface area contributed by atoms with Crippen molar-refractivity contribution in [3.8, 4) is 11.4 Å². The van der Waals surface area contributed by atoms with E-state index in [1.165, 1.54) is 29.9 Å². The maximum atomic E-state index is 12.0. The highest BCUT2D eigenvalue weighted by molar-refractivity contribution is 7.85. The number of benzene rings is 1. The summed E-state index contributed by atoms with van der Waals surface area (Å²) in [4.78, 5) is 22.3. The second kappa shape index (κ2) is 9.54. The van der Waals surface area contributed by atoms with Crippen LogP contribution >= 0.6 is 11.3 Å². The fraction of sp³-hybridized carbons (Fsp3) is 0.462. The quantitative estimate of drug-likeness (QED) is 0.347. The Hall–Kier alpha value is -2.61. The first-order chi connectivity index (χ1) is 18.4. The van der Waals surface area contributed by atoms with Gasteiger partial charge in [-0.05, 0) is 37.1 Å². The highest BCUT2D eigenvalue weighted by atomic mass is 32.2. The SMILES string of the molecule is O=S(=O)(O)c1cc(-c2nc(N3CCOCC3)c3cc(CN4CCN(C5CC5)CC4)sc3n2)c2cc[nH]c2c1. The Morgan fingerprint density at radius 2 is 1.82 bits per heavy atom. The third-order valence-corrected chi connectivity index (χ3v) is 9.61. The molecule has 38 heavy (non-hydrogen) atoms. The summed E-state index contributed by atoms with van der Waals surface area (Å²) in [5.74, 6) is 1.29. The van der Waals surface area contributed by atoms with Crippen molar-refractivity contribution in [2.24, 2.45) is 0 Å². The van der Waals surface area contributed by atoms with E-state index in [4.69, 9.17) is 14.7 Å². The van der Waals surface area contributed by atoms with Gasteiger partial charge in [-0.15, -0.1) is 11.3 Å². The minimum Gasteiger partial charge on any atom is -0.378 e. The van der Waals surface area contributed by atoms with Crippen molar-refractivity contribution in [3.63, 3.8) is 0 Å². The van der Waals surface area contributed by atoms with E-state index in [1.54, 1.807) is 17.5 Å². The minimum atomic E-state index is -4.40.